The first-order valence-corrected chi connectivity index (χ1v) is 7.46. The summed E-state index contributed by atoms with van der Waals surface area (Å²) < 4.78 is 41.0. The molecule has 21 heavy (non-hydrogen) atoms. The molecule has 0 aliphatic heterocycles. The van der Waals surface area contributed by atoms with E-state index in [0.717, 1.165) is 6.42 Å². The van der Waals surface area contributed by atoms with E-state index < -0.39 is 6.36 Å². The zero-order valence-corrected chi connectivity index (χ0v) is 12.3. The van der Waals surface area contributed by atoms with Crippen molar-refractivity contribution in [3.8, 4) is 5.75 Å². The third-order valence-electron chi connectivity index (χ3n) is 2.96. The van der Waals surface area contributed by atoms with Crippen molar-refractivity contribution >= 4 is 11.3 Å². The van der Waals surface area contributed by atoms with E-state index in [-0.39, 0.29) is 11.8 Å². The van der Waals surface area contributed by atoms with Crippen LogP contribution in [0.15, 0.2) is 41.1 Å². The number of alkyl halides is 3. The molecule has 0 spiro atoms. The van der Waals surface area contributed by atoms with Gasteiger partial charge >= 0.3 is 6.36 Å². The van der Waals surface area contributed by atoms with Crippen LogP contribution in [0.3, 0.4) is 0 Å². The Kier molecular flexibility index (Phi) is 5.25. The van der Waals surface area contributed by atoms with Crippen molar-refractivity contribution in [2.24, 2.45) is 0 Å². The number of hydrogen-bond donors (Lipinski definition) is 1. The molecule has 2 aromatic rings. The lowest BCUT2D eigenvalue weighted by Gasteiger charge is -2.16. The van der Waals surface area contributed by atoms with Crippen molar-refractivity contribution in [2.75, 3.05) is 0 Å². The molecule has 2 nitrogen and oxygen atoms in total. The van der Waals surface area contributed by atoms with Gasteiger partial charge in [0.05, 0.1) is 0 Å². The first-order chi connectivity index (χ1) is 9.94. The van der Waals surface area contributed by atoms with Crippen LogP contribution in [0.1, 0.15) is 18.1 Å². The number of ether oxygens (including phenoxy) is 1. The van der Waals surface area contributed by atoms with Crippen LogP contribution in [0.4, 0.5) is 13.2 Å². The summed E-state index contributed by atoms with van der Waals surface area (Å²) >= 11 is 1.63. The van der Waals surface area contributed by atoms with Gasteiger partial charge in [-0.3, -0.25) is 0 Å². The number of hydrogen-bond acceptors (Lipinski definition) is 3. The van der Waals surface area contributed by atoms with E-state index in [4.69, 9.17) is 0 Å². The fourth-order valence-electron chi connectivity index (χ4n) is 1.99. The van der Waals surface area contributed by atoms with E-state index in [2.05, 4.69) is 15.4 Å². The predicted octanol–water partition coefficient (Wildman–Crippen LogP) is 4.37. The van der Waals surface area contributed by atoms with Crippen LogP contribution in [-0.4, -0.2) is 12.4 Å². The largest absolute Gasteiger partial charge is 0.573 e. The second kappa shape index (κ2) is 6.95. The molecular weight excluding hydrogens is 299 g/mol. The Labute approximate surface area is 125 Å². The first-order valence-electron chi connectivity index (χ1n) is 6.52. The van der Waals surface area contributed by atoms with Crippen LogP contribution in [0.25, 0.3) is 0 Å². The van der Waals surface area contributed by atoms with Crippen LogP contribution in [-0.2, 0) is 13.0 Å². The number of halogens is 3. The van der Waals surface area contributed by atoms with Gasteiger partial charge in [0.1, 0.15) is 5.75 Å². The zero-order chi connectivity index (χ0) is 15.3. The summed E-state index contributed by atoms with van der Waals surface area (Å²) in [5.74, 6) is -0.153. The highest BCUT2D eigenvalue weighted by Crippen LogP contribution is 2.26. The molecule has 1 unspecified atom stereocenters. The highest BCUT2D eigenvalue weighted by atomic mass is 32.1. The van der Waals surface area contributed by atoms with Gasteiger partial charge in [-0.1, -0.05) is 18.2 Å². The Morgan fingerprint density at radius 3 is 2.67 bits per heavy atom. The molecule has 0 aliphatic carbocycles. The van der Waals surface area contributed by atoms with Crippen LogP contribution in [0, 0.1) is 0 Å². The van der Waals surface area contributed by atoms with E-state index in [9.17, 15) is 13.2 Å². The van der Waals surface area contributed by atoms with Gasteiger partial charge in [0.2, 0.25) is 0 Å². The molecule has 1 atom stereocenters. The molecule has 0 amide bonds. The fraction of sp³-hybridized carbons (Fsp3) is 0.333. The van der Waals surface area contributed by atoms with Crippen molar-refractivity contribution in [3.05, 3.63) is 52.2 Å². The third kappa shape index (κ3) is 5.40. The lowest BCUT2D eigenvalue weighted by atomic mass is 10.1. The summed E-state index contributed by atoms with van der Waals surface area (Å²) in [6.45, 7) is 2.34. The predicted molar refractivity (Wildman–Crippen MR) is 77.4 cm³/mol. The van der Waals surface area contributed by atoms with Gasteiger partial charge in [-0.2, -0.15) is 11.3 Å². The minimum absolute atomic E-state index is 0.153. The van der Waals surface area contributed by atoms with E-state index in [1.165, 1.54) is 17.7 Å². The third-order valence-corrected chi connectivity index (χ3v) is 3.69. The Bertz CT molecular complexity index is 554. The second-order valence-electron chi connectivity index (χ2n) is 4.77. The molecule has 0 saturated carbocycles. The molecule has 1 aromatic heterocycles. The van der Waals surface area contributed by atoms with Gasteiger partial charge in [0.15, 0.2) is 0 Å². The van der Waals surface area contributed by atoms with Crippen LogP contribution < -0.4 is 10.1 Å². The van der Waals surface area contributed by atoms with Crippen LogP contribution in [0.5, 0.6) is 5.75 Å². The molecule has 2 rings (SSSR count). The maximum Gasteiger partial charge on any atom is 0.573 e. The SMILES string of the molecule is CC(Cc1ccsc1)NCc1ccccc1OC(F)(F)F. The number of rotatable bonds is 6. The maximum absolute atomic E-state index is 12.3. The lowest BCUT2D eigenvalue weighted by Crippen LogP contribution is -2.28. The number of para-hydroxylation sites is 1. The molecule has 6 heteroatoms. The van der Waals surface area contributed by atoms with Crippen molar-refractivity contribution < 1.29 is 17.9 Å². The van der Waals surface area contributed by atoms with Gasteiger partial charge < -0.3 is 10.1 Å². The molecule has 0 fully saturated rings. The van der Waals surface area contributed by atoms with Gasteiger partial charge in [-0.15, -0.1) is 13.2 Å². The Hall–Kier alpha value is -1.53. The van der Waals surface area contributed by atoms with E-state index in [1.54, 1.807) is 23.5 Å². The molecule has 1 N–H and O–H groups in total. The summed E-state index contributed by atoms with van der Waals surface area (Å²) in [5, 5.41) is 7.30. The highest BCUT2D eigenvalue weighted by molar-refractivity contribution is 7.07. The van der Waals surface area contributed by atoms with E-state index >= 15 is 0 Å². The molecule has 114 valence electrons. The normalized spacial score (nSPS) is 13.1. The summed E-state index contributed by atoms with van der Waals surface area (Å²) in [6, 6.07) is 8.39. The highest BCUT2D eigenvalue weighted by Gasteiger charge is 2.31. The van der Waals surface area contributed by atoms with Crippen molar-refractivity contribution in [1.29, 1.82) is 0 Å². The summed E-state index contributed by atoms with van der Waals surface area (Å²) in [4.78, 5) is 0. The average molecular weight is 315 g/mol. The van der Waals surface area contributed by atoms with E-state index in [1.807, 2.05) is 18.4 Å². The second-order valence-corrected chi connectivity index (χ2v) is 5.55. The van der Waals surface area contributed by atoms with Crippen molar-refractivity contribution in [2.45, 2.75) is 32.3 Å². The van der Waals surface area contributed by atoms with Crippen LogP contribution in [0.2, 0.25) is 0 Å². The number of thiophene rings is 1. The zero-order valence-electron chi connectivity index (χ0n) is 11.5. The Morgan fingerprint density at radius 1 is 1.24 bits per heavy atom. The number of benzene rings is 1. The molecule has 1 heterocycles. The van der Waals surface area contributed by atoms with Crippen molar-refractivity contribution in [1.82, 2.24) is 5.32 Å². The standard InChI is InChI=1S/C15H16F3NOS/c1-11(8-12-6-7-21-10-12)19-9-13-4-2-3-5-14(13)20-15(16,17)18/h2-7,10-11,19H,8-9H2,1H3. The molecule has 0 aliphatic rings. The minimum atomic E-state index is -4.67. The quantitative estimate of drug-likeness (QED) is 0.855. The molecule has 0 radical (unpaired) electrons. The average Bonchev–Trinajstić information content (AvgIpc) is 2.89. The van der Waals surface area contributed by atoms with E-state index in [0.29, 0.717) is 12.1 Å². The maximum atomic E-state index is 12.3. The minimum Gasteiger partial charge on any atom is -0.405 e. The topological polar surface area (TPSA) is 21.3 Å². The summed E-state index contributed by atoms with van der Waals surface area (Å²) in [6.07, 6.45) is -3.83. The molecule has 0 saturated heterocycles. The fourth-order valence-corrected chi connectivity index (χ4v) is 2.67. The lowest BCUT2D eigenvalue weighted by molar-refractivity contribution is -0.274. The Balaban J connectivity index is 1.93. The molecule has 0 bridgehead atoms. The van der Waals surface area contributed by atoms with Crippen LogP contribution >= 0.6 is 11.3 Å². The Morgan fingerprint density at radius 2 is 2.00 bits per heavy atom. The van der Waals surface area contributed by atoms with Gasteiger partial charge in [-0.05, 0) is 41.8 Å². The smallest absolute Gasteiger partial charge is 0.405 e. The summed E-state index contributed by atoms with van der Waals surface area (Å²) in [7, 11) is 0. The van der Waals surface area contributed by atoms with Gasteiger partial charge in [0, 0.05) is 18.2 Å². The first kappa shape index (κ1) is 15.9. The molecular formula is C15H16F3NOS. The van der Waals surface area contributed by atoms with Crippen molar-refractivity contribution in [3.63, 3.8) is 0 Å². The van der Waals surface area contributed by atoms with Gasteiger partial charge in [-0.25, -0.2) is 0 Å². The van der Waals surface area contributed by atoms with Gasteiger partial charge in [0.25, 0.3) is 0 Å². The monoisotopic (exact) mass is 315 g/mol. The molecule has 1 aromatic carbocycles. The summed E-state index contributed by atoms with van der Waals surface area (Å²) in [5.41, 5.74) is 1.71. The number of nitrogens with one attached hydrogen (secondary N) is 1.